The third-order valence-electron chi connectivity index (χ3n) is 7.01. The zero-order valence-electron chi connectivity index (χ0n) is 22.7. The van der Waals surface area contributed by atoms with Crippen molar-refractivity contribution in [3.05, 3.63) is 77.4 Å². The molecule has 202 valence electrons. The molecule has 4 rings (SSSR count). The van der Waals surface area contributed by atoms with Crippen molar-refractivity contribution in [3.8, 4) is 11.8 Å². The molecule has 0 aliphatic carbocycles. The molecular weight excluding hydrogens is 490 g/mol. The van der Waals surface area contributed by atoms with E-state index >= 15 is 0 Å². The Kier molecular flexibility index (Phi) is 9.18. The van der Waals surface area contributed by atoms with E-state index < -0.39 is 5.91 Å². The molecule has 0 spiro atoms. The number of hydrogen-bond acceptors (Lipinski definition) is 5. The summed E-state index contributed by atoms with van der Waals surface area (Å²) in [4.78, 5) is 42.1. The summed E-state index contributed by atoms with van der Waals surface area (Å²) in [6.07, 6.45) is 0.444. The molecule has 1 heterocycles. The number of carbonyl (C=O) groups is 3. The molecule has 1 fully saturated rings. The van der Waals surface area contributed by atoms with Gasteiger partial charge in [-0.05, 0) is 73.3 Å². The van der Waals surface area contributed by atoms with Gasteiger partial charge < -0.3 is 15.1 Å². The molecule has 1 atom stereocenters. The highest BCUT2D eigenvalue weighted by Gasteiger charge is 2.20. The summed E-state index contributed by atoms with van der Waals surface area (Å²) < 4.78 is 0. The van der Waals surface area contributed by atoms with E-state index in [-0.39, 0.29) is 24.3 Å². The first-order valence-electron chi connectivity index (χ1n) is 13.2. The Balaban J connectivity index is 1.53. The highest BCUT2D eigenvalue weighted by molar-refractivity contribution is 5.97. The Morgan fingerprint density at radius 2 is 1.69 bits per heavy atom. The fourth-order valence-electron chi connectivity index (χ4n) is 4.83. The number of aryl methyl sites for hydroxylation is 1. The van der Waals surface area contributed by atoms with E-state index in [9.17, 15) is 14.4 Å². The monoisotopic (exact) mass is 525 g/mol. The van der Waals surface area contributed by atoms with Crippen molar-refractivity contribution in [1.82, 2.24) is 21.1 Å². The molecule has 1 saturated heterocycles. The second-order valence-corrected chi connectivity index (χ2v) is 9.77. The molecule has 1 aliphatic heterocycles. The van der Waals surface area contributed by atoms with Gasteiger partial charge in [-0.3, -0.25) is 25.2 Å². The van der Waals surface area contributed by atoms with E-state index in [1.54, 1.807) is 6.92 Å². The standard InChI is InChI=1S/C31H35N5O3/c1-4-8-29(37)33-34-30(38)16-13-24-21-25(36-19-17-35(3)18-20-36)14-15-28(24)31(39)32-22(2)26-12-7-10-23-9-5-6-11-27(23)26/h5-7,9-12,14-15,21-22H,13,16-20H2,1-3H3,(H,32,39)(H,33,37)(H,34,38)/t22-/m1/s1. The highest BCUT2D eigenvalue weighted by Crippen LogP contribution is 2.26. The number of anilines is 1. The summed E-state index contributed by atoms with van der Waals surface area (Å²) in [5.74, 6) is 3.66. The molecule has 0 radical (unpaired) electrons. The Labute approximate surface area is 229 Å². The average molecular weight is 526 g/mol. The van der Waals surface area contributed by atoms with E-state index in [0.717, 1.165) is 53.8 Å². The molecule has 3 amide bonds. The molecule has 0 saturated carbocycles. The molecule has 1 aliphatic rings. The van der Waals surface area contributed by atoms with Crippen LogP contribution >= 0.6 is 0 Å². The SMILES string of the molecule is CC#CC(=O)NNC(=O)CCc1cc(N2CCN(C)CC2)ccc1C(=O)N[C@H](C)c1cccc2ccccc12. The Hall–Kier alpha value is -4.35. The predicted molar refractivity (Wildman–Crippen MR) is 154 cm³/mol. The fourth-order valence-corrected chi connectivity index (χ4v) is 4.83. The summed E-state index contributed by atoms with van der Waals surface area (Å²) in [6.45, 7) is 7.23. The summed E-state index contributed by atoms with van der Waals surface area (Å²) >= 11 is 0. The van der Waals surface area contributed by atoms with E-state index in [2.05, 4.69) is 63.1 Å². The van der Waals surface area contributed by atoms with Crippen molar-refractivity contribution in [2.45, 2.75) is 32.7 Å². The molecule has 8 nitrogen and oxygen atoms in total. The van der Waals surface area contributed by atoms with Gasteiger partial charge in [-0.1, -0.05) is 48.4 Å². The number of nitrogens with zero attached hydrogens (tertiary/aromatic N) is 2. The maximum Gasteiger partial charge on any atom is 0.314 e. The van der Waals surface area contributed by atoms with Gasteiger partial charge in [0.25, 0.3) is 5.91 Å². The lowest BCUT2D eigenvalue weighted by Gasteiger charge is -2.34. The van der Waals surface area contributed by atoms with Crippen molar-refractivity contribution >= 4 is 34.2 Å². The van der Waals surface area contributed by atoms with Crippen LogP contribution in [0.2, 0.25) is 0 Å². The summed E-state index contributed by atoms with van der Waals surface area (Å²) in [5.41, 5.74) is 8.05. The van der Waals surface area contributed by atoms with Crippen molar-refractivity contribution in [3.63, 3.8) is 0 Å². The predicted octanol–water partition coefficient (Wildman–Crippen LogP) is 3.19. The number of hydrazine groups is 1. The number of rotatable bonds is 7. The second-order valence-electron chi connectivity index (χ2n) is 9.77. The Bertz CT molecular complexity index is 1410. The van der Waals surface area contributed by atoms with Crippen LogP contribution in [0.25, 0.3) is 10.8 Å². The van der Waals surface area contributed by atoms with Crippen LogP contribution in [0, 0.1) is 11.8 Å². The van der Waals surface area contributed by atoms with Gasteiger partial charge in [-0.25, -0.2) is 0 Å². The number of hydrogen-bond donors (Lipinski definition) is 3. The molecule has 3 N–H and O–H groups in total. The number of amides is 3. The molecule has 0 bridgehead atoms. The lowest BCUT2D eigenvalue weighted by Crippen LogP contribution is -2.44. The number of benzene rings is 3. The minimum atomic E-state index is -0.578. The van der Waals surface area contributed by atoms with Gasteiger partial charge >= 0.3 is 5.91 Å². The van der Waals surface area contributed by atoms with Crippen molar-refractivity contribution in [1.29, 1.82) is 0 Å². The van der Waals surface area contributed by atoms with Crippen LogP contribution < -0.4 is 21.1 Å². The minimum absolute atomic E-state index is 0.102. The molecule has 39 heavy (non-hydrogen) atoms. The Morgan fingerprint density at radius 1 is 0.949 bits per heavy atom. The summed E-state index contributed by atoms with van der Waals surface area (Å²) in [6, 6.07) is 19.8. The first-order chi connectivity index (χ1) is 18.9. The van der Waals surface area contributed by atoms with E-state index in [1.807, 2.05) is 49.4 Å². The van der Waals surface area contributed by atoms with Crippen LogP contribution in [0.5, 0.6) is 0 Å². The third kappa shape index (κ3) is 7.15. The quantitative estimate of drug-likeness (QED) is 0.326. The largest absolute Gasteiger partial charge is 0.369 e. The van der Waals surface area contributed by atoms with Crippen LogP contribution in [-0.2, 0) is 16.0 Å². The zero-order valence-corrected chi connectivity index (χ0v) is 22.7. The molecule has 3 aromatic rings. The molecule has 0 aromatic heterocycles. The Morgan fingerprint density at radius 3 is 2.46 bits per heavy atom. The number of piperazine rings is 1. The van der Waals surface area contributed by atoms with Crippen molar-refractivity contribution in [2.24, 2.45) is 0 Å². The lowest BCUT2D eigenvalue weighted by atomic mass is 9.97. The van der Waals surface area contributed by atoms with E-state index in [0.29, 0.717) is 12.0 Å². The highest BCUT2D eigenvalue weighted by atomic mass is 16.2. The van der Waals surface area contributed by atoms with Gasteiger partial charge in [0.05, 0.1) is 6.04 Å². The summed E-state index contributed by atoms with van der Waals surface area (Å²) in [5, 5.41) is 5.38. The van der Waals surface area contributed by atoms with Crippen LogP contribution in [0.4, 0.5) is 5.69 Å². The smallest absolute Gasteiger partial charge is 0.314 e. The van der Waals surface area contributed by atoms with Crippen LogP contribution in [0.15, 0.2) is 60.7 Å². The fraction of sp³-hybridized carbons (Fsp3) is 0.323. The number of nitrogens with one attached hydrogen (secondary N) is 3. The first-order valence-corrected chi connectivity index (χ1v) is 13.2. The first kappa shape index (κ1) is 27.7. The summed E-state index contributed by atoms with van der Waals surface area (Å²) in [7, 11) is 2.11. The molecule has 0 unspecified atom stereocenters. The van der Waals surface area contributed by atoms with Gasteiger partial charge in [0.2, 0.25) is 5.91 Å². The minimum Gasteiger partial charge on any atom is -0.369 e. The molecule has 8 heteroatoms. The van der Waals surface area contributed by atoms with Gasteiger partial charge in [0, 0.05) is 43.9 Å². The number of carbonyl (C=O) groups excluding carboxylic acids is 3. The third-order valence-corrected chi connectivity index (χ3v) is 7.01. The van der Waals surface area contributed by atoms with Crippen LogP contribution in [-0.4, -0.2) is 55.8 Å². The normalized spacial score (nSPS) is 14.2. The molecular formula is C31H35N5O3. The molecule has 3 aromatic carbocycles. The topological polar surface area (TPSA) is 93.8 Å². The van der Waals surface area contributed by atoms with Crippen molar-refractivity contribution < 1.29 is 14.4 Å². The second kappa shape index (κ2) is 12.9. The number of likely N-dealkylation sites (N-methyl/N-ethyl adjacent to an activating group) is 1. The van der Waals surface area contributed by atoms with Crippen LogP contribution in [0.3, 0.4) is 0 Å². The maximum absolute atomic E-state index is 13.5. The number of fused-ring (bicyclic) bond motifs is 1. The van der Waals surface area contributed by atoms with Gasteiger partial charge in [-0.2, -0.15) is 0 Å². The van der Waals surface area contributed by atoms with Gasteiger partial charge in [-0.15, -0.1) is 0 Å². The average Bonchev–Trinajstić information content (AvgIpc) is 2.95. The van der Waals surface area contributed by atoms with E-state index in [4.69, 9.17) is 0 Å². The van der Waals surface area contributed by atoms with Gasteiger partial charge in [0.15, 0.2) is 0 Å². The van der Waals surface area contributed by atoms with Gasteiger partial charge in [0.1, 0.15) is 0 Å². The lowest BCUT2D eigenvalue weighted by molar-refractivity contribution is -0.126. The van der Waals surface area contributed by atoms with Crippen molar-refractivity contribution in [2.75, 3.05) is 38.1 Å². The maximum atomic E-state index is 13.5. The zero-order chi connectivity index (χ0) is 27.8. The van der Waals surface area contributed by atoms with E-state index in [1.165, 1.54) is 0 Å². The van der Waals surface area contributed by atoms with Crippen LogP contribution in [0.1, 0.15) is 47.8 Å².